The van der Waals surface area contributed by atoms with Gasteiger partial charge >= 0.3 is 0 Å². The van der Waals surface area contributed by atoms with E-state index < -0.39 is 6.04 Å². The molecule has 23 heavy (non-hydrogen) atoms. The molecule has 0 fully saturated rings. The molecule has 2 N–H and O–H groups in total. The molecule has 0 saturated carbocycles. The number of hydrogen-bond acceptors (Lipinski definition) is 2. The van der Waals surface area contributed by atoms with E-state index in [-0.39, 0.29) is 11.8 Å². The molecule has 0 aromatic heterocycles. The van der Waals surface area contributed by atoms with Crippen molar-refractivity contribution < 1.29 is 9.59 Å². The minimum atomic E-state index is -0.695. The molecule has 0 bridgehead atoms. The summed E-state index contributed by atoms with van der Waals surface area (Å²) in [5, 5.41) is 7.64. The van der Waals surface area contributed by atoms with E-state index in [0.29, 0.717) is 11.3 Å². The van der Waals surface area contributed by atoms with Crippen LogP contribution in [0.3, 0.4) is 0 Å². The SMILES string of the molecule is O=C1NC(c2ccccc2)C(=O)Nc2cc3ccccc3cc21. The standard InChI is InChI=1S/C19H14N2O2/c22-18-15-10-13-8-4-5-9-14(13)11-16(15)20-19(23)17(21-18)12-6-2-1-3-7-12/h1-11,17H,(H,20,23)(H,21,22). The van der Waals surface area contributed by atoms with Gasteiger partial charge in [0, 0.05) is 0 Å². The second kappa shape index (κ2) is 5.25. The number of fused-ring (bicyclic) bond motifs is 2. The summed E-state index contributed by atoms with van der Waals surface area (Å²) in [5.41, 5.74) is 1.79. The summed E-state index contributed by atoms with van der Waals surface area (Å²) in [6.45, 7) is 0. The first kappa shape index (κ1) is 13.5. The lowest BCUT2D eigenvalue weighted by atomic mass is 10.0. The van der Waals surface area contributed by atoms with Crippen LogP contribution in [0.25, 0.3) is 10.8 Å². The highest BCUT2D eigenvalue weighted by Gasteiger charge is 2.29. The van der Waals surface area contributed by atoms with E-state index in [2.05, 4.69) is 10.6 Å². The third-order valence-electron chi connectivity index (χ3n) is 4.06. The molecule has 1 heterocycles. The van der Waals surface area contributed by atoms with Crippen LogP contribution in [0.5, 0.6) is 0 Å². The maximum Gasteiger partial charge on any atom is 0.254 e. The van der Waals surface area contributed by atoms with Crippen molar-refractivity contribution in [2.45, 2.75) is 6.04 Å². The smallest absolute Gasteiger partial charge is 0.254 e. The Balaban J connectivity index is 1.81. The van der Waals surface area contributed by atoms with Gasteiger partial charge in [-0.15, -0.1) is 0 Å². The van der Waals surface area contributed by atoms with Crippen molar-refractivity contribution in [1.82, 2.24) is 5.32 Å². The second-order valence-electron chi connectivity index (χ2n) is 5.55. The van der Waals surface area contributed by atoms with Gasteiger partial charge in [-0.05, 0) is 28.5 Å². The monoisotopic (exact) mass is 302 g/mol. The van der Waals surface area contributed by atoms with Crippen molar-refractivity contribution >= 4 is 28.3 Å². The van der Waals surface area contributed by atoms with Crippen LogP contribution < -0.4 is 10.6 Å². The zero-order valence-electron chi connectivity index (χ0n) is 12.2. The molecular formula is C19H14N2O2. The lowest BCUT2D eigenvalue weighted by Crippen LogP contribution is -2.33. The largest absolute Gasteiger partial charge is 0.336 e. The molecule has 0 radical (unpaired) electrons. The summed E-state index contributed by atoms with van der Waals surface area (Å²) in [5.74, 6) is -0.489. The first-order valence-corrected chi connectivity index (χ1v) is 7.42. The second-order valence-corrected chi connectivity index (χ2v) is 5.55. The Hall–Kier alpha value is -3.14. The van der Waals surface area contributed by atoms with E-state index in [1.54, 1.807) is 0 Å². The Kier molecular flexibility index (Phi) is 3.08. The van der Waals surface area contributed by atoms with Crippen molar-refractivity contribution in [1.29, 1.82) is 0 Å². The third-order valence-corrected chi connectivity index (χ3v) is 4.06. The Morgan fingerprint density at radius 1 is 0.783 bits per heavy atom. The number of nitrogens with one attached hydrogen (secondary N) is 2. The molecule has 3 aromatic carbocycles. The highest BCUT2D eigenvalue weighted by atomic mass is 16.2. The molecular weight excluding hydrogens is 288 g/mol. The van der Waals surface area contributed by atoms with Gasteiger partial charge in [0.15, 0.2) is 0 Å². The van der Waals surface area contributed by atoms with Crippen LogP contribution in [-0.2, 0) is 4.79 Å². The van der Waals surface area contributed by atoms with Gasteiger partial charge in [-0.1, -0.05) is 54.6 Å². The topological polar surface area (TPSA) is 58.2 Å². The molecule has 4 rings (SSSR count). The Morgan fingerprint density at radius 3 is 2.17 bits per heavy atom. The van der Waals surface area contributed by atoms with Crippen LogP contribution in [0.15, 0.2) is 66.7 Å². The van der Waals surface area contributed by atoms with Gasteiger partial charge in [-0.25, -0.2) is 0 Å². The molecule has 0 saturated heterocycles. The van der Waals surface area contributed by atoms with Gasteiger partial charge in [0.05, 0.1) is 11.3 Å². The summed E-state index contributed by atoms with van der Waals surface area (Å²) in [7, 11) is 0. The number of carbonyl (C=O) groups is 2. The fourth-order valence-electron chi connectivity index (χ4n) is 2.89. The summed E-state index contributed by atoms with van der Waals surface area (Å²) < 4.78 is 0. The van der Waals surface area contributed by atoms with Crippen molar-refractivity contribution in [3.63, 3.8) is 0 Å². The summed E-state index contributed by atoms with van der Waals surface area (Å²) in [4.78, 5) is 25.1. The number of anilines is 1. The number of benzene rings is 3. The fraction of sp³-hybridized carbons (Fsp3) is 0.0526. The minimum Gasteiger partial charge on any atom is -0.336 e. The van der Waals surface area contributed by atoms with Gasteiger partial charge < -0.3 is 10.6 Å². The maximum atomic E-state index is 12.6. The molecule has 3 aromatic rings. The Labute approximate surface area is 133 Å². The van der Waals surface area contributed by atoms with Gasteiger partial charge in [0.1, 0.15) is 6.04 Å². The normalized spacial score (nSPS) is 17.1. The van der Waals surface area contributed by atoms with Crippen molar-refractivity contribution in [3.8, 4) is 0 Å². The fourth-order valence-corrected chi connectivity index (χ4v) is 2.89. The lowest BCUT2D eigenvalue weighted by molar-refractivity contribution is -0.118. The quantitative estimate of drug-likeness (QED) is 0.725. The molecule has 4 nitrogen and oxygen atoms in total. The van der Waals surface area contributed by atoms with E-state index in [1.807, 2.05) is 66.7 Å². The first-order chi connectivity index (χ1) is 11.2. The van der Waals surface area contributed by atoms with E-state index in [4.69, 9.17) is 0 Å². The number of carbonyl (C=O) groups excluding carboxylic acids is 2. The third kappa shape index (κ3) is 2.34. The van der Waals surface area contributed by atoms with Crippen molar-refractivity contribution in [2.24, 2.45) is 0 Å². The van der Waals surface area contributed by atoms with E-state index in [9.17, 15) is 9.59 Å². The van der Waals surface area contributed by atoms with E-state index in [0.717, 1.165) is 16.3 Å². The van der Waals surface area contributed by atoms with Gasteiger partial charge in [0.25, 0.3) is 11.8 Å². The van der Waals surface area contributed by atoms with Crippen LogP contribution in [0, 0.1) is 0 Å². The highest BCUT2D eigenvalue weighted by Crippen LogP contribution is 2.28. The van der Waals surface area contributed by atoms with Crippen molar-refractivity contribution in [2.75, 3.05) is 5.32 Å². The molecule has 1 aliphatic heterocycles. The average molecular weight is 302 g/mol. The minimum absolute atomic E-state index is 0.237. The molecule has 1 atom stereocenters. The number of amides is 2. The van der Waals surface area contributed by atoms with Gasteiger partial charge in [0.2, 0.25) is 0 Å². The Bertz CT molecular complexity index is 919. The lowest BCUT2D eigenvalue weighted by Gasteiger charge is -2.14. The predicted octanol–water partition coefficient (Wildman–Crippen LogP) is 3.26. The number of hydrogen-bond donors (Lipinski definition) is 2. The summed E-state index contributed by atoms with van der Waals surface area (Å²) in [6, 6.07) is 20.0. The zero-order valence-corrected chi connectivity index (χ0v) is 12.2. The van der Waals surface area contributed by atoms with Crippen LogP contribution in [0.2, 0.25) is 0 Å². The summed E-state index contributed by atoms with van der Waals surface area (Å²) >= 11 is 0. The first-order valence-electron chi connectivity index (χ1n) is 7.42. The van der Waals surface area contributed by atoms with E-state index in [1.165, 1.54) is 0 Å². The van der Waals surface area contributed by atoms with Gasteiger partial charge in [-0.2, -0.15) is 0 Å². The zero-order chi connectivity index (χ0) is 15.8. The predicted molar refractivity (Wildman–Crippen MR) is 89.2 cm³/mol. The average Bonchev–Trinajstić information content (AvgIpc) is 2.70. The van der Waals surface area contributed by atoms with Gasteiger partial charge in [-0.3, -0.25) is 9.59 Å². The summed E-state index contributed by atoms with van der Waals surface area (Å²) in [6.07, 6.45) is 0. The van der Waals surface area contributed by atoms with Crippen LogP contribution in [0.1, 0.15) is 22.0 Å². The molecule has 2 amide bonds. The van der Waals surface area contributed by atoms with Crippen LogP contribution >= 0.6 is 0 Å². The van der Waals surface area contributed by atoms with Crippen molar-refractivity contribution in [3.05, 3.63) is 77.9 Å². The van der Waals surface area contributed by atoms with E-state index >= 15 is 0 Å². The maximum absolute atomic E-state index is 12.6. The molecule has 112 valence electrons. The highest BCUT2D eigenvalue weighted by molar-refractivity contribution is 6.12. The molecule has 1 unspecified atom stereocenters. The molecule has 1 aliphatic rings. The molecule has 0 spiro atoms. The van der Waals surface area contributed by atoms with Crippen LogP contribution in [0.4, 0.5) is 5.69 Å². The Morgan fingerprint density at radius 2 is 1.43 bits per heavy atom. The molecule has 0 aliphatic carbocycles. The van der Waals surface area contributed by atoms with Crippen LogP contribution in [-0.4, -0.2) is 11.8 Å². The molecule has 4 heteroatoms. The number of rotatable bonds is 1.